The number of carbonyl (C=O) groups is 1. The van der Waals surface area contributed by atoms with E-state index in [9.17, 15) is 22.5 Å². The number of aliphatic hydroxyl groups is 1. The van der Waals surface area contributed by atoms with E-state index in [1.807, 2.05) is 0 Å². The van der Waals surface area contributed by atoms with Crippen molar-refractivity contribution in [2.75, 3.05) is 34.8 Å². The minimum absolute atomic E-state index is 0.0756. The van der Waals surface area contributed by atoms with Gasteiger partial charge in [-0.25, -0.2) is 22.4 Å². The van der Waals surface area contributed by atoms with Crippen LogP contribution >= 0.6 is 23.2 Å². The zero-order valence-corrected chi connectivity index (χ0v) is 27.5. The third kappa shape index (κ3) is 8.61. The quantitative estimate of drug-likeness (QED) is 0.138. The molecule has 0 saturated heterocycles. The number of aromatic nitrogens is 2. The summed E-state index contributed by atoms with van der Waals surface area (Å²) in [4.78, 5) is 20.9. The third-order valence-corrected chi connectivity index (χ3v) is 10.2. The van der Waals surface area contributed by atoms with Crippen LogP contribution in [0, 0.1) is 0 Å². The van der Waals surface area contributed by atoms with Crippen LogP contribution in [0.3, 0.4) is 0 Å². The fraction of sp³-hybridized carbons (Fsp3) is 0.207. The van der Waals surface area contributed by atoms with Gasteiger partial charge in [-0.1, -0.05) is 41.4 Å². The molecule has 0 aliphatic carbocycles. The average Bonchev–Trinajstić information content (AvgIpc) is 2.99. The van der Waals surface area contributed by atoms with Gasteiger partial charge in [0.05, 0.1) is 33.0 Å². The number of nitrogens with one attached hydrogen (secondary N) is 3. The summed E-state index contributed by atoms with van der Waals surface area (Å²) in [6.45, 7) is 3.38. The van der Waals surface area contributed by atoms with Gasteiger partial charge in [0, 0.05) is 40.3 Å². The van der Waals surface area contributed by atoms with Crippen LogP contribution in [0.25, 0.3) is 11.1 Å². The molecule has 4 N–H and O–H groups in total. The lowest BCUT2D eigenvalue weighted by atomic mass is 10.1. The number of carbonyl (C=O) groups excluding carboxylic acids is 1. The lowest BCUT2D eigenvalue weighted by Gasteiger charge is -2.17. The van der Waals surface area contributed by atoms with Crippen LogP contribution in [0.5, 0.6) is 0 Å². The smallest absolute Gasteiger partial charge is 0.442 e. The van der Waals surface area contributed by atoms with Crippen molar-refractivity contribution in [3.8, 4) is 11.1 Å². The highest BCUT2D eigenvalue weighted by Crippen LogP contribution is 2.32. The van der Waals surface area contributed by atoms with Crippen molar-refractivity contribution in [3.05, 3.63) is 83.0 Å². The molecule has 1 heterocycles. The molecule has 0 bridgehead atoms. The van der Waals surface area contributed by atoms with Crippen molar-refractivity contribution in [2.24, 2.45) is 4.36 Å². The number of rotatable bonds is 11. The van der Waals surface area contributed by atoms with Crippen molar-refractivity contribution < 1.29 is 27.3 Å². The Bertz CT molecular complexity index is 1920. The first-order chi connectivity index (χ1) is 21.3. The number of amides is 1. The molecule has 238 valence electrons. The first-order valence-corrected chi connectivity index (χ1v) is 17.6. The second-order valence-electron chi connectivity index (χ2n) is 9.66. The van der Waals surface area contributed by atoms with E-state index >= 15 is 0 Å². The molecule has 0 spiro atoms. The number of nitrogens with zero attached hydrogens (tertiary/aromatic N) is 3. The van der Waals surface area contributed by atoms with E-state index < -0.39 is 25.8 Å². The molecule has 3 aromatic carbocycles. The minimum Gasteiger partial charge on any atom is -0.448 e. The number of hydrogen-bond acceptors (Lipinski definition) is 10. The highest BCUT2D eigenvalue weighted by molar-refractivity contribution is 7.93. The molecule has 0 saturated carbocycles. The number of hydrogen-bond donors (Lipinski definition) is 4. The van der Waals surface area contributed by atoms with Crippen LogP contribution in [0.15, 0.2) is 87.1 Å². The highest BCUT2D eigenvalue weighted by atomic mass is 35.5. The SMILES string of the molecule is CCOC(=O)N=[S@](C)(=O)c1ccc(Nc2ncc(-c3ccc(NS(=O)(=O)c4cccc(Cl)c4Cl)cc3)c(N[C@H](C)CO)n2)cc1. The van der Waals surface area contributed by atoms with Crippen molar-refractivity contribution in [1.82, 2.24) is 9.97 Å². The Morgan fingerprint density at radius 2 is 1.69 bits per heavy atom. The van der Waals surface area contributed by atoms with Crippen LogP contribution < -0.4 is 15.4 Å². The predicted octanol–water partition coefficient (Wildman–Crippen LogP) is 6.40. The Labute approximate surface area is 271 Å². The van der Waals surface area contributed by atoms with E-state index in [4.69, 9.17) is 27.9 Å². The molecular formula is C29H30Cl2N6O6S2. The molecule has 0 aliphatic heterocycles. The largest absolute Gasteiger partial charge is 0.448 e. The van der Waals surface area contributed by atoms with Gasteiger partial charge in [-0.05, 0) is 67.9 Å². The van der Waals surface area contributed by atoms with Crippen molar-refractivity contribution in [2.45, 2.75) is 29.7 Å². The Kier molecular flexibility index (Phi) is 10.9. The van der Waals surface area contributed by atoms with Crippen LogP contribution in [0.1, 0.15) is 13.8 Å². The Hall–Kier alpha value is -3.95. The number of ether oxygens (including phenoxy) is 1. The van der Waals surface area contributed by atoms with Gasteiger partial charge in [0.25, 0.3) is 10.0 Å². The third-order valence-electron chi connectivity index (χ3n) is 6.16. The van der Waals surface area contributed by atoms with Crippen LogP contribution in [-0.2, 0) is 24.5 Å². The molecule has 0 radical (unpaired) electrons. The normalized spacial score (nSPS) is 13.3. The molecule has 45 heavy (non-hydrogen) atoms. The molecule has 1 amide bonds. The summed E-state index contributed by atoms with van der Waals surface area (Å²) in [5.41, 5.74) is 2.14. The summed E-state index contributed by atoms with van der Waals surface area (Å²) in [6.07, 6.45) is 2.04. The monoisotopic (exact) mass is 692 g/mol. The zero-order chi connectivity index (χ0) is 32.8. The second-order valence-corrected chi connectivity index (χ2v) is 14.4. The zero-order valence-electron chi connectivity index (χ0n) is 24.3. The second kappa shape index (κ2) is 14.4. The summed E-state index contributed by atoms with van der Waals surface area (Å²) < 4.78 is 49.6. The first kappa shape index (κ1) is 33.9. The molecule has 0 fully saturated rings. The fourth-order valence-electron chi connectivity index (χ4n) is 3.93. The van der Waals surface area contributed by atoms with E-state index in [0.29, 0.717) is 33.2 Å². The number of benzene rings is 3. The molecule has 0 unspecified atom stereocenters. The van der Waals surface area contributed by atoms with E-state index in [2.05, 4.69) is 29.7 Å². The van der Waals surface area contributed by atoms with E-state index in [1.54, 1.807) is 68.6 Å². The molecule has 1 aromatic heterocycles. The molecule has 4 aromatic rings. The maximum absolute atomic E-state index is 12.9. The maximum atomic E-state index is 12.9. The Morgan fingerprint density at radius 1 is 1.02 bits per heavy atom. The summed E-state index contributed by atoms with van der Waals surface area (Å²) >= 11 is 12.1. The highest BCUT2D eigenvalue weighted by Gasteiger charge is 2.20. The van der Waals surface area contributed by atoms with Crippen LogP contribution in [0.4, 0.5) is 27.9 Å². The molecule has 12 nitrogen and oxygen atoms in total. The van der Waals surface area contributed by atoms with Gasteiger partial charge < -0.3 is 20.5 Å². The van der Waals surface area contributed by atoms with E-state index in [1.165, 1.54) is 24.5 Å². The van der Waals surface area contributed by atoms with Gasteiger partial charge in [-0.15, -0.1) is 4.36 Å². The van der Waals surface area contributed by atoms with Crippen molar-refractivity contribution in [1.29, 1.82) is 0 Å². The molecular weight excluding hydrogens is 663 g/mol. The number of aliphatic hydroxyl groups excluding tert-OH is 1. The summed E-state index contributed by atoms with van der Waals surface area (Å²) in [6, 6.07) is 17.0. The minimum atomic E-state index is -4.01. The molecule has 0 aliphatic rings. The Balaban J connectivity index is 1.57. The lowest BCUT2D eigenvalue weighted by Crippen LogP contribution is -2.21. The number of sulfonamides is 1. The summed E-state index contributed by atoms with van der Waals surface area (Å²) in [5.74, 6) is 0.643. The van der Waals surface area contributed by atoms with Gasteiger partial charge in [-0.3, -0.25) is 4.72 Å². The van der Waals surface area contributed by atoms with Gasteiger partial charge in [0.2, 0.25) is 5.95 Å². The van der Waals surface area contributed by atoms with E-state index in [-0.39, 0.29) is 40.1 Å². The number of anilines is 4. The van der Waals surface area contributed by atoms with Crippen LogP contribution in [-0.4, -0.2) is 59.3 Å². The molecule has 2 atom stereocenters. The molecule has 4 rings (SSSR count). The standard InChI is InChI=1S/C29H30Cl2N6O6S2/c1-4-43-29(39)37-44(3,40)22-14-12-20(13-15-22)34-28-32-16-23(27(35-28)33-18(2)17-38)19-8-10-21(11-9-19)36-45(41,42)25-7-5-6-24(30)26(25)31/h5-16,18,36,38H,4,17H2,1-3H3,(H2,32,33,34,35)/t18-,44-/m1/s1. The van der Waals surface area contributed by atoms with E-state index in [0.717, 1.165) is 0 Å². The molecule has 16 heteroatoms. The predicted molar refractivity (Wildman–Crippen MR) is 176 cm³/mol. The summed E-state index contributed by atoms with van der Waals surface area (Å²) in [7, 11) is -7.01. The summed E-state index contributed by atoms with van der Waals surface area (Å²) in [5, 5.41) is 15.9. The van der Waals surface area contributed by atoms with Gasteiger partial charge >= 0.3 is 6.09 Å². The fourth-order valence-corrected chi connectivity index (χ4v) is 6.83. The number of halogens is 2. The van der Waals surface area contributed by atoms with Gasteiger partial charge in [0.1, 0.15) is 10.7 Å². The van der Waals surface area contributed by atoms with Crippen molar-refractivity contribution >= 4 is 72.2 Å². The van der Waals surface area contributed by atoms with Crippen LogP contribution in [0.2, 0.25) is 10.0 Å². The Morgan fingerprint density at radius 3 is 2.33 bits per heavy atom. The van der Waals surface area contributed by atoms with Gasteiger partial charge in [-0.2, -0.15) is 4.98 Å². The average molecular weight is 694 g/mol. The van der Waals surface area contributed by atoms with Crippen molar-refractivity contribution in [3.63, 3.8) is 0 Å². The lowest BCUT2D eigenvalue weighted by molar-refractivity contribution is 0.164. The van der Waals surface area contributed by atoms with Gasteiger partial charge in [0.15, 0.2) is 0 Å². The first-order valence-electron chi connectivity index (χ1n) is 13.4. The maximum Gasteiger partial charge on any atom is 0.442 e. The topological polar surface area (TPSA) is 172 Å².